The molecule has 2 aromatic rings. The highest BCUT2D eigenvalue weighted by Gasteiger charge is 2.25. The number of aliphatic imine (C=N–C) groups is 1. The van der Waals surface area contributed by atoms with Gasteiger partial charge < -0.3 is 15.1 Å². The van der Waals surface area contributed by atoms with Gasteiger partial charge in [-0.05, 0) is 70.0 Å². The Hall–Kier alpha value is -1.32. The summed E-state index contributed by atoms with van der Waals surface area (Å²) in [7, 11) is 0. The third-order valence-electron chi connectivity index (χ3n) is 4.93. The van der Waals surface area contributed by atoms with Gasteiger partial charge in [-0.1, -0.05) is 17.7 Å². The number of nitrogens with one attached hydrogen (secondary N) is 2. The van der Waals surface area contributed by atoms with Crippen molar-refractivity contribution >= 4 is 41.5 Å². The number of hydrogen-bond donors (Lipinski definition) is 2. The molecule has 2 N–H and O–H groups in total. The van der Waals surface area contributed by atoms with Crippen molar-refractivity contribution in [2.45, 2.75) is 39.2 Å². The quantitative estimate of drug-likeness (QED) is 0.231. The summed E-state index contributed by atoms with van der Waals surface area (Å²) in [5.74, 6) is 2.79. The van der Waals surface area contributed by atoms with Crippen LogP contribution in [-0.4, -0.2) is 48.6 Å². The number of halogens is 2. The molecule has 0 aromatic carbocycles. The second-order valence-electron chi connectivity index (χ2n) is 7.09. The average molecular weight is 532 g/mol. The predicted octanol–water partition coefficient (Wildman–Crippen LogP) is 4.19. The largest absolute Gasteiger partial charge is 0.465 e. The second kappa shape index (κ2) is 12.4. The van der Waals surface area contributed by atoms with Gasteiger partial charge in [-0.25, -0.2) is 4.98 Å². The third kappa shape index (κ3) is 7.46. The fourth-order valence-electron chi connectivity index (χ4n) is 3.47. The summed E-state index contributed by atoms with van der Waals surface area (Å²) in [5, 5.41) is 7.27. The van der Waals surface area contributed by atoms with Crippen molar-refractivity contribution in [2.24, 2.45) is 4.99 Å². The molecule has 0 aliphatic carbocycles. The fraction of sp³-hybridized carbons (Fsp3) is 0.524. The number of hydrogen-bond acceptors (Lipinski definition) is 4. The maximum absolute atomic E-state index is 5.93. The maximum Gasteiger partial charge on any atom is 0.191 e. The molecular weight excluding hydrogens is 501 g/mol. The van der Waals surface area contributed by atoms with Crippen LogP contribution in [0.15, 0.2) is 39.9 Å². The van der Waals surface area contributed by atoms with Crippen LogP contribution in [0.25, 0.3) is 0 Å². The average Bonchev–Trinajstić information content (AvgIpc) is 3.36. The van der Waals surface area contributed by atoms with Gasteiger partial charge in [0.05, 0.1) is 12.6 Å². The van der Waals surface area contributed by atoms with Gasteiger partial charge in [0.15, 0.2) is 5.96 Å². The van der Waals surface area contributed by atoms with E-state index in [0.717, 1.165) is 55.6 Å². The van der Waals surface area contributed by atoms with E-state index in [1.54, 1.807) is 0 Å². The number of guanidine groups is 1. The standard InChI is InChI=1S/C21H30ClN5O.HI/c1-3-23-21(24-11-10-17-7-9-20(22)25-14-17)26-15-18(27-12-4-5-13-27)19-8-6-16(2)28-19;/h6-9,14,18H,3-5,10-13,15H2,1-2H3,(H2,23,24,26);1H. The molecule has 1 saturated heterocycles. The van der Waals surface area contributed by atoms with E-state index in [1.165, 1.54) is 12.8 Å². The van der Waals surface area contributed by atoms with E-state index in [4.69, 9.17) is 21.0 Å². The first-order chi connectivity index (χ1) is 13.7. The molecule has 1 atom stereocenters. The van der Waals surface area contributed by atoms with Crippen LogP contribution in [0.4, 0.5) is 0 Å². The van der Waals surface area contributed by atoms with E-state index in [9.17, 15) is 0 Å². The molecule has 3 rings (SSSR count). The van der Waals surface area contributed by atoms with E-state index >= 15 is 0 Å². The summed E-state index contributed by atoms with van der Waals surface area (Å²) in [6, 6.07) is 8.13. The summed E-state index contributed by atoms with van der Waals surface area (Å²) >= 11 is 5.85. The molecular formula is C21H31ClIN5O. The monoisotopic (exact) mass is 531 g/mol. The number of likely N-dealkylation sites (tertiary alicyclic amines) is 1. The van der Waals surface area contributed by atoms with Gasteiger partial charge in [-0.3, -0.25) is 9.89 Å². The van der Waals surface area contributed by atoms with Crippen LogP contribution >= 0.6 is 35.6 Å². The fourth-order valence-corrected chi connectivity index (χ4v) is 3.58. The van der Waals surface area contributed by atoms with Crippen molar-refractivity contribution in [3.8, 4) is 0 Å². The minimum absolute atomic E-state index is 0. The van der Waals surface area contributed by atoms with Crippen molar-refractivity contribution in [1.29, 1.82) is 0 Å². The Kier molecular flexibility index (Phi) is 10.2. The van der Waals surface area contributed by atoms with Gasteiger partial charge in [-0.2, -0.15) is 0 Å². The molecule has 1 aliphatic heterocycles. The van der Waals surface area contributed by atoms with Crippen LogP contribution in [0.3, 0.4) is 0 Å². The van der Waals surface area contributed by atoms with Crippen molar-refractivity contribution in [3.63, 3.8) is 0 Å². The molecule has 0 spiro atoms. The van der Waals surface area contributed by atoms with Gasteiger partial charge in [0.25, 0.3) is 0 Å². The molecule has 0 radical (unpaired) electrons. The highest BCUT2D eigenvalue weighted by molar-refractivity contribution is 14.0. The van der Waals surface area contributed by atoms with Crippen LogP contribution in [0.2, 0.25) is 5.15 Å². The number of nitrogens with zero attached hydrogens (tertiary/aromatic N) is 3. The smallest absolute Gasteiger partial charge is 0.191 e. The Bertz CT molecular complexity index is 759. The van der Waals surface area contributed by atoms with Gasteiger partial charge in [0.1, 0.15) is 16.7 Å². The summed E-state index contributed by atoms with van der Waals surface area (Å²) in [6.45, 7) is 8.55. The highest BCUT2D eigenvalue weighted by atomic mass is 127. The molecule has 6 nitrogen and oxygen atoms in total. The first-order valence-corrected chi connectivity index (χ1v) is 10.5. The van der Waals surface area contributed by atoms with Crippen molar-refractivity contribution in [2.75, 3.05) is 32.7 Å². The van der Waals surface area contributed by atoms with Gasteiger partial charge in [0, 0.05) is 19.3 Å². The molecule has 1 fully saturated rings. The first kappa shape index (κ1) is 24.0. The maximum atomic E-state index is 5.93. The lowest BCUT2D eigenvalue weighted by Crippen LogP contribution is -2.39. The Balaban J connectivity index is 0.00000300. The molecule has 0 saturated carbocycles. The van der Waals surface area contributed by atoms with Crippen molar-refractivity contribution < 1.29 is 4.42 Å². The summed E-state index contributed by atoms with van der Waals surface area (Å²) in [4.78, 5) is 11.5. The molecule has 160 valence electrons. The van der Waals surface area contributed by atoms with Gasteiger partial charge >= 0.3 is 0 Å². The molecule has 8 heteroatoms. The summed E-state index contributed by atoms with van der Waals surface area (Å²) in [6.07, 6.45) is 5.17. The van der Waals surface area contributed by atoms with E-state index < -0.39 is 0 Å². The Labute approximate surface area is 195 Å². The predicted molar refractivity (Wildman–Crippen MR) is 129 cm³/mol. The zero-order valence-corrected chi connectivity index (χ0v) is 20.2. The number of aryl methyl sites for hydroxylation is 1. The van der Waals surface area contributed by atoms with Crippen LogP contribution in [0, 0.1) is 6.92 Å². The van der Waals surface area contributed by atoms with Crippen LogP contribution in [0.1, 0.15) is 42.9 Å². The molecule has 0 amide bonds. The van der Waals surface area contributed by atoms with E-state index in [1.807, 2.05) is 31.3 Å². The number of pyridine rings is 1. The normalized spacial score (nSPS) is 15.8. The Morgan fingerprint density at radius 3 is 2.66 bits per heavy atom. The third-order valence-corrected chi connectivity index (χ3v) is 5.16. The van der Waals surface area contributed by atoms with Crippen molar-refractivity contribution in [1.82, 2.24) is 20.5 Å². The number of furan rings is 1. The topological polar surface area (TPSA) is 65.7 Å². The minimum Gasteiger partial charge on any atom is -0.465 e. The molecule has 1 unspecified atom stereocenters. The van der Waals surface area contributed by atoms with Crippen LogP contribution in [-0.2, 0) is 6.42 Å². The summed E-state index contributed by atoms with van der Waals surface area (Å²) in [5.41, 5.74) is 1.15. The lowest BCUT2D eigenvalue weighted by molar-refractivity contribution is 0.219. The second-order valence-corrected chi connectivity index (χ2v) is 7.48. The number of rotatable bonds is 8. The highest BCUT2D eigenvalue weighted by Crippen LogP contribution is 2.26. The summed E-state index contributed by atoms with van der Waals surface area (Å²) < 4.78 is 5.93. The number of aromatic nitrogens is 1. The van der Waals surface area contributed by atoms with Gasteiger partial charge in [-0.15, -0.1) is 24.0 Å². The lowest BCUT2D eigenvalue weighted by Gasteiger charge is -2.24. The molecule has 3 heterocycles. The lowest BCUT2D eigenvalue weighted by atomic mass is 10.2. The molecule has 2 aromatic heterocycles. The van der Waals surface area contributed by atoms with Gasteiger partial charge in [0.2, 0.25) is 0 Å². The zero-order chi connectivity index (χ0) is 19.8. The van der Waals surface area contributed by atoms with Crippen molar-refractivity contribution in [3.05, 3.63) is 52.7 Å². The van der Waals surface area contributed by atoms with E-state index in [-0.39, 0.29) is 30.0 Å². The zero-order valence-electron chi connectivity index (χ0n) is 17.2. The van der Waals surface area contributed by atoms with Crippen LogP contribution in [0.5, 0.6) is 0 Å². The van der Waals surface area contributed by atoms with Crippen LogP contribution < -0.4 is 10.6 Å². The molecule has 1 aliphatic rings. The first-order valence-electron chi connectivity index (χ1n) is 10.1. The van der Waals surface area contributed by atoms with E-state index in [0.29, 0.717) is 11.7 Å². The van der Waals surface area contributed by atoms with E-state index in [2.05, 4.69) is 33.5 Å². The Morgan fingerprint density at radius 2 is 2.03 bits per heavy atom. The Morgan fingerprint density at radius 1 is 1.24 bits per heavy atom. The molecule has 0 bridgehead atoms. The minimum atomic E-state index is 0. The SMILES string of the molecule is CCNC(=NCC(c1ccc(C)o1)N1CCCC1)NCCc1ccc(Cl)nc1.I. The molecule has 29 heavy (non-hydrogen) atoms.